The Morgan fingerprint density at radius 2 is 2.33 bits per heavy atom. The number of nitrogens with zero attached hydrogens (tertiary/aromatic N) is 4. The maximum Gasteiger partial charge on any atom is 0.341 e. The average Bonchev–Trinajstić information content (AvgIpc) is 2.97. The highest BCUT2D eigenvalue weighted by Gasteiger charge is 2.13. The molecule has 0 N–H and O–H groups in total. The third-order valence-electron chi connectivity index (χ3n) is 2.57. The first-order valence-corrected chi connectivity index (χ1v) is 5.82. The molecule has 2 aromatic rings. The number of aryl methyl sites for hydroxylation is 2. The maximum absolute atomic E-state index is 11.7. The van der Waals surface area contributed by atoms with E-state index >= 15 is 0 Å². The number of hydrogen-bond donors (Lipinski definition) is 0. The highest BCUT2D eigenvalue weighted by Crippen LogP contribution is 2.06. The number of hydrogen-bond acceptors (Lipinski definition) is 4. The fourth-order valence-corrected chi connectivity index (χ4v) is 1.58. The zero-order valence-electron chi connectivity index (χ0n) is 10.5. The molecule has 6 heteroatoms. The number of carbonyl (C=O) groups excluding carboxylic acids is 1. The van der Waals surface area contributed by atoms with Crippen molar-refractivity contribution in [3.05, 3.63) is 36.4 Å². The second-order valence-corrected chi connectivity index (χ2v) is 4.18. The standard InChI is InChI=1S/C12H16N4O2/c1-10(4-7-16-6-3-5-13-16)18-12(17)11-8-14-15(2)9-11/h3,5-6,8-10H,4,7H2,1-2H3/t10-/m0/s1. The van der Waals surface area contributed by atoms with Crippen molar-refractivity contribution in [1.29, 1.82) is 0 Å². The summed E-state index contributed by atoms with van der Waals surface area (Å²) in [5, 5.41) is 8.03. The number of aromatic nitrogens is 4. The highest BCUT2D eigenvalue weighted by molar-refractivity contribution is 5.88. The molecule has 2 aromatic heterocycles. The van der Waals surface area contributed by atoms with E-state index in [4.69, 9.17) is 4.74 Å². The van der Waals surface area contributed by atoms with Crippen LogP contribution in [0.25, 0.3) is 0 Å². The van der Waals surface area contributed by atoms with Gasteiger partial charge < -0.3 is 4.74 Å². The molecule has 0 fully saturated rings. The van der Waals surface area contributed by atoms with E-state index in [2.05, 4.69) is 10.2 Å². The second-order valence-electron chi connectivity index (χ2n) is 4.18. The first-order valence-electron chi connectivity index (χ1n) is 5.82. The van der Waals surface area contributed by atoms with Gasteiger partial charge in [-0.1, -0.05) is 0 Å². The first kappa shape index (κ1) is 12.3. The Hall–Kier alpha value is -2.11. The van der Waals surface area contributed by atoms with Crippen molar-refractivity contribution < 1.29 is 9.53 Å². The molecule has 6 nitrogen and oxygen atoms in total. The second kappa shape index (κ2) is 5.48. The number of esters is 1. The molecule has 2 rings (SSSR count). The van der Waals surface area contributed by atoms with Crippen LogP contribution in [0.5, 0.6) is 0 Å². The lowest BCUT2D eigenvalue weighted by Gasteiger charge is -2.12. The van der Waals surface area contributed by atoms with E-state index in [-0.39, 0.29) is 12.1 Å². The Morgan fingerprint density at radius 1 is 1.50 bits per heavy atom. The Kier molecular flexibility index (Phi) is 3.76. The summed E-state index contributed by atoms with van der Waals surface area (Å²) in [6.45, 7) is 2.60. The molecule has 0 radical (unpaired) electrons. The SMILES string of the molecule is C[C@@H](CCn1cccn1)OC(=O)c1cnn(C)c1. The number of carbonyl (C=O) groups is 1. The summed E-state index contributed by atoms with van der Waals surface area (Å²) in [7, 11) is 1.76. The van der Waals surface area contributed by atoms with Gasteiger partial charge >= 0.3 is 5.97 Å². The molecule has 0 aliphatic carbocycles. The van der Waals surface area contributed by atoms with Gasteiger partial charge in [0.25, 0.3) is 0 Å². The summed E-state index contributed by atoms with van der Waals surface area (Å²) in [4.78, 5) is 11.7. The van der Waals surface area contributed by atoms with Gasteiger partial charge in [0.2, 0.25) is 0 Å². The summed E-state index contributed by atoms with van der Waals surface area (Å²) in [5.41, 5.74) is 0.475. The molecular formula is C12H16N4O2. The fourth-order valence-electron chi connectivity index (χ4n) is 1.58. The van der Waals surface area contributed by atoms with Crippen LogP contribution in [0.4, 0.5) is 0 Å². The van der Waals surface area contributed by atoms with E-state index in [1.165, 1.54) is 6.20 Å². The molecule has 0 amide bonds. The van der Waals surface area contributed by atoms with Gasteiger partial charge in [0.15, 0.2) is 0 Å². The van der Waals surface area contributed by atoms with Gasteiger partial charge in [0, 0.05) is 38.6 Å². The van der Waals surface area contributed by atoms with Crippen LogP contribution in [0, 0.1) is 0 Å². The van der Waals surface area contributed by atoms with E-state index in [0.717, 1.165) is 13.0 Å². The minimum atomic E-state index is -0.337. The highest BCUT2D eigenvalue weighted by atomic mass is 16.5. The largest absolute Gasteiger partial charge is 0.459 e. The van der Waals surface area contributed by atoms with Gasteiger partial charge in [-0.05, 0) is 13.0 Å². The quantitative estimate of drug-likeness (QED) is 0.747. The first-order chi connectivity index (χ1) is 8.65. The number of ether oxygens (including phenoxy) is 1. The topological polar surface area (TPSA) is 61.9 Å². The molecular weight excluding hydrogens is 232 g/mol. The van der Waals surface area contributed by atoms with Crippen LogP contribution in [0.1, 0.15) is 23.7 Å². The molecule has 0 aromatic carbocycles. The maximum atomic E-state index is 11.7. The van der Waals surface area contributed by atoms with Crippen molar-refractivity contribution in [2.24, 2.45) is 7.05 Å². The summed E-state index contributed by atoms with van der Waals surface area (Å²) < 4.78 is 8.70. The Morgan fingerprint density at radius 3 is 2.94 bits per heavy atom. The lowest BCUT2D eigenvalue weighted by molar-refractivity contribution is 0.0314. The minimum Gasteiger partial charge on any atom is -0.459 e. The van der Waals surface area contributed by atoms with Crippen LogP contribution < -0.4 is 0 Å². The van der Waals surface area contributed by atoms with Crippen LogP contribution in [0.3, 0.4) is 0 Å². The number of rotatable bonds is 5. The molecule has 2 heterocycles. The van der Waals surface area contributed by atoms with Crippen LogP contribution in [0.15, 0.2) is 30.9 Å². The van der Waals surface area contributed by atoms with E-state index in [1.54, 1.807) is 24.1 Å². The average molecular weight is 248 g/mol. The van der Waals surface area contributed by atoms with E-state index in [0.29, 0.717) is 5.56 Å². The van der Waals surface area contributed by atoms with Gasteiger partial charge in [-0.25, -0.2) is 4.79 Å². The monoisotopic (exact) mass is 248 g/mol. The van der Waals surface area contributed by atoms with E-state index in [9.17, 15) is 4.79 Å². The van der Waals surface area contributed by atoms with Gasteiger partial charge in [-0.15, -0.1) is 0 Å². The smallest absolute Gasteiger partial charge is 0.341 e. The summed E-state index contributed by atoms with van der Waals surface area (Å²) in [6.07, 6.45) is 7.34. The normalized spacial score (nSPS) is 12.3. The molecule has 18 heavy (non-hydrogen) atoms. The molecule has 96 valence electrons. The van der Waals surface area contributed by atoms with Gasteiger partial charge in [0.1, 0.15) is 6.10 Å². The fraction of sp³-hybridized carbons (Fsp3) is 0.417. The lowest BCUT2D eigenvalue weighted by atomic mass is 10.3. The molecule has 0 saturated carbocycles. The van der Waals surface area contributed by atoms with Crippen molar-refractivity contribution in [3.8, 4) is 0 Å². The Bertz CT molecular complexity index is 504. The van der Waals surface area contributed by atoms with Crippen LogP contribution in [-0.2, 0) is 18.3 Å². The molecule has 1 atom stereocenters. The van der Waals surface area contributed by atoms with Crippen molar-refractivity contribution in [2.75, 3.05) is 0 Å². The zero-order valence-corrected chi connectivity index (χ0v) is 10.5. The van der Waals surface area contributed by atoms with Crippen molar-refractivity contribution >= 4 is 5.97 Å². The predicted octanol–water partition coefficient (Wildman–Crippen LogP) is 1.25. The summed E-state index contributed by atoms with van der Waals surface area (Å²) in [6, 6.07) is 1.87. The molecule has 0 bridgehead atoms. The third kappa shape index (κ3) is 3.19. The van der Waals surface area contributed by atoms with Crippen LogP contribution in [0.2, 0.25) is 0 Å². The van der Waals surface area contributed by atoms with E-state index in [1.807, 2.05) is 23.9 Å². The van der Waals surface area contributed by atoms with Gasteiger partial charge in [-0.3, -0.25) is 9.36 Å². The van der Waals surface area contributed by atoms with E-state index < -0.39 is 0 Å². The van der Waals surface area contributed by atoms with Gasteiger partial charge in [0.05, 0.1) is 11.8 Å². The molecule has 0 aliphatic rings. The van der Waals surface area contributed by atoms with Gasteiger partial charge in [-0.2, -0.15) is 10.2 Å². The minimum absolute atomic E-state index is 0.151. The van der Waals surface area contributed by atoms with Crippen LogP contribution in [-0.4, -0.2) is 31.6 Å². The molecule has 0 aliphatic heterocycles. The third-order valence-corrected chi connectivity index (χ3v) is 2.57. The predicted molar refractivity (Wildman–Crippen MR) is 64.9 cm³/mol. The Labute approximate surface area is 105 Å². The molecule has 0 saturated heterocycles. The van der Waals surface area contributed by atoms with Crippen molar-refractivity contribution in [1.82, 2.24) is 19.6 Å². The molecule has 0 spiro atoms. The summed E-state index contributed by atoms with van der Waals surface area (Å²) >= 11 is 0. The van der Waals surface area contributed by atoms with Crippen molar-refractivity contribution in [2.45, 2.75) is 26.0 Å². The zero-order chi connectivity index (χ0) is 13.0. The molecule has 0 unspecified atom stereocenters. The summed E-state index contributed by atoms with van der Waals surface area (Å²) in [5.74, 6) is -0.337. The van der Waals surface area contributed by atoms with Crippen molar-refractivity contribution in [3.63, 3.8) is 0 Å². The lowest BCUT2D eigenvalue weighted by Crippen LogP contribution is -2.17. The van der Waals surface area contributed by atoms with Crippen LogP contribution >= 0.6 is 0 Å². The Balaban J connectivity index is 1.80.